The second kappa shape index (κ2) is 4.94. The van der Waals surface area contributed by atoms with Crippen LogP contribution in [-0.2, 0) is 0 Å². The third-order valence-electron chi connectivity index (χ3n) is 2.19. The molecule has 2 heterocycles. The molecular weight excluding hydrogens is 228 g/mol. The zero-order valence-electron chi connectivity index (χ0n) is 8.56. The number of hydrogen-bond acceptors (Lipinski definition) is 6. The Morgan fingerprint density at radius 2 is 2.47 bits per heavy atom. The molecule has 2 rings (SSSR count). The highest BCUT2D eigenvalue weighted by molar-refractivity contribution is 7.99. The minimum atomic E-state index is 0.527. The van der Waals surface area contributed by atoms with Crippen LogP contribution in [0.2, 0.25) is 0 Å². The lowest BCUT2D eigenvalue weighted by atomic mass is 10.2. The van der Waals surface area contributed by atoms with Crippen molar-refractivity contribution in [2.45, 2.75) is 17.6 Å². The van der Waals surface area contributed by atoms with Gasteiger partial charge in [0.25, 0.3) is 0 Å². The van der Waals surface area contributed by atoms with Crippen LogP contribution in [0.5, 0.6) is 0 Å². The van der Waals surface area contributed by atoms with Gasteiger partial charge in [-0.2, -0.15) is 11.8 Å². The maximum absolute atomic E-state index is 5.70. The number of thioether (sulfide) groups is 2. The van der Waals surface area contributed by atoms with Crippen LogP contribution in [0.15, 0.2) is 11.2 Å². The fourth-order valence-corrected chi connectivity index (χ4v) is 3.00. The van der Waals surface area contributed by atoms with E-state index in [0.29, 0.717) is 11.9 Å². The SMILES string of the molecule is CSc1nc(N)cc(NC2CCSC2)n1. The summed E-state index contributed by atoms with van der Waals surface area (Å²) in [6.45, 7) is 0. The molecule has 4 nitrogen and oxygen atoms in total. The second-order valence-electron chi connectivity index (χ2n) is 3.37. The van der Waals surface area contributed by atoms with E-state index in [9.17, 15) is 0 Å². The quantitative estimate of drug-likeness (QED) is 0.621. The van der Waals surface area contributed by atoms with Gasteiger partial charge in [0.05, 0.1) is 0 Å². The highest BCUT2D eigenvalue weighted by Crippen LogP contribution is 2.22. The molecule has 0 spiro atoms. The Labute approximate surface area is 97.8 Å². The van der Waals surface area contributed by atoms with Crippen LogP contribution in [0.25, 0.3) is 0 Å². The normalized spacial score (nSPS) is 20.5. The number of anilines is 2. The van der Waals surface area contributed by atoms with Crippen LogP contribution in [0, 0.1) is 0 Å². The lowest BCUT2D eigenvalue weighted by Crippen LogP contribution is -2.19. The smallest absolute Gasteiger partial charge is 0.191 e. The third-order valence-corrected chi connectivity index (χ3v) is 3.90. The van der Waals surface area contributed by atoms with E-state index >= 15 is 0 Å². The van der Waals surface area contributed by atoms with Crippen LogP contribution >= 0.6 is 23.5 Å². The lowest BCUT2D eigenvalue weighted by molar-refractivity contribution is 0.799. The van der Waals surface area contributed by atoms with Gasteiger partial charge in [-0.3, -0.25) is 0 Å². The van der Waals surface area contributed by atoms with E-state index in [1.807, 2.05) is 18.0 Å². The predicted octanol–water partition coefficient (Wildman–Crippen LogP) is 1.70. The summed E-state index contributed by atoms with van der Waals surface area (Å²) in [6.07, 6.45) is 3.15. The average Bonchev–Trinajstić information content (AvgIpc) is 2.69. The third kappa shape index (κ3) is 2.92. The Morgan fingerprint density at radius 3 is 3.13 bits per heavy atom. The van der Waals surface area contributed by atoms with E-state index in [1.54, 1.807) is 6.07 Å². The molecule has 1 fully saturated rings. The van der Waals surface area contributed by atoms with Crippen LogP contribution in [0.1, 0.15) is 6.42 Å². The van der Waals surface area contributed by atoms with E-state index in [0.717, 1.165) is 16.7 Å². The minimum Gasteiger partial charge on any atom is -0.383 e. The molecule has 1 aromatic heterocycles. The largest absolute Gasteiger partial charge is 0.383 e. The standard InChI is InChI=1S/C9H14N4S2/c1-14-9-12-7(10)4-8(13-9)11-6-2-3-15-5-6/h4,6H,2-3,5H2,1H3,(H3,10,11,12,13). The van der Waals surface area contributed by atoms with Crippen LogP contribution in [-0.4, -0.2) is 33.8 Å². The van der Waals surface area contributed by atoms with Crippen molar-refractivity contribution in [2.24, 2.45) is 0 Å². The van der Waals surface area contributed by atoms with Crippen LogP contribution in [0.4, 0.5) is 11.6 Å². The Balaban J connectivity index is 2.09. The topological polar surface area (TPSA) is 63.8 Å². The van der Waals surface area contributed by atoms with Gasteiger partial charge in [-0.15, -0.1) is 0 Å². The number of hydrogen-bond donors (Lipinski definition) is 2. The number of rotatable bonds is 3. The number of nitrogens with one attached hydrogen (secondary N) is 1. The van der Waals surface area contributed by atoms with Gasteiger partial charge in [-0.25, -0.2) is 9.97 Å². The molecule has 82 valence electrons. The summed E-state index contributed by atoms with van der Waals surface area (Å²) < 4.78 is 0. The van der Waals surface area contributed by atoms with Crippen molar-refractivity contribution in [1.29, 1.82) is 0 Å². The summed E-state index contributed by atoms with van der Waals surface area (Å²) in [5.41, 5.74) is 5.70. The van der Waals surface area contributed by atoms with E-state index in [1.165, 1.54) is 23.9 Å². The molecule has 15 heavy (non-hydrogen) atoms. The summed E-state index contributed by atoms with van der Waals surface area (Å²) in [6, 6.07) is 2.32. The minimum absolute atomic E-state index is 0.527. The number of nitrogen functional groups attached to an aromatic ring is 1. The molecule has 1 aromatic rings. The molecule has 0 aliphatic carbocycles. The van der Waals surface area contributed by atoms with Gasteiger partial charge >= 0.3 is 0 Å². The number of nitrogens with two attached hydrogens (primary N) is 1. The summed E-state index contributed by atoms with van der Waals surface area (Å²) >= 11 is 3.48. The highest BCUT2D eigenvalue weighted by atomic mass is 32.2. The van der Waals surface area contributed by atoms with Crippen molar-refractivity contribution >= 4 is 35.2 Å². The number of aromatic nitrogens is 2. The average molecular weight is 242 g/mol. The van der Waals surface area contributed by atoms with Gasteiger partial charge in [0.15, 0.2) is 5.16 Å². The molecule has 6 heteroatoms. The molecule has 0 amide bonds. The molecule has 1 aliphatic heterocycles. The van der Waals surface area contributed by atoms with Crippen LogP contribution < -0.4 is 11.1 Å². The molecule has 0 radical (unpaired) electrons. The molecular formula is C9H14N4S2. The zero-order valence-corrected chi connectivity index (χ0v) is 10.2. The van der Waals surface area contributed by atoms with Crippen molar-refractivity contribution in [1.82, 2.24) is 9.97 Å². The first-order valence-corrected chi connectivity index (χ1v) is 7.18. The first-order valence-electron chi connectivity index (χ1n) is 4.81. The van der Waals surface area contributed by atoms with E-state index < -0.39 is 0 Å². The molecule has 0 aromatic carbocycles. The van der Waals surface area contributed by atoms with Crippen molar-refractivity contribution in [3.63, 3.8) is 0 Å². The molecule has 1 unspecified atom stereocenters. The zero-order chi connectivity index (χ0) is 10.7. The second-order valence-corrected chi connectivity index (χ2v) is 5.29. The molecule has 1 aliphatic rings. The van der Waals surface area contributed by atoms with Crippen molar-refractivity contribution in [3.8, 4) is 0 Å². The molecule has 0 bridgehead atoms. The Morgan fingerprint density at radius 1 is 1.60 bits per heavy atom. The fourth-order valence-electron chi connectivity index (χ4n) is 1.47. The van der Waals surface area contributed by atoms with Gasteiger partial charge < -0.3 is 11.1 Å². The van der Waals surface area contributed by atoms with Crippen molar-refractivity contribution < 1.29 is 0 Å². The van der Waals surface area contributed by atoms with Gasteiger partial charge in [0.2, 0.25) is 0 Å². The fraction of sp³-hybridized carbons (Fsp3) is 0.556. The maximum atomic E-state index is 5.70. The predicted molar refractivity (Wildman–Crippen MR) is 67.6 cm³/mol. The maximum Gasteiger partial charge on any atom is 0.191 e. The van der Waals surface area contributed by atoms with Gasteiger partial charge in [0.1, 0.15) is 11.6 Å². The van der Waals surface area contributed by atoms with E-state index in [4.69, 9.17) is 5.73 Å². The van der Waals surface area contributed by atoms with Crippen molar-refractivity contribution in [2.75, 3.05) is 28.8 Å². The van der Waals surface area contributed by atoms with Gasteiger partial charge in [0, 0.05) is 17.9 Å². The molecule has 1 saturated heterocycles. The first kappa shape index (κ1) is 10.9. The van der Waals surface area contributed by atoms with Gasteiger partial charge in [-0.1, -0.05) is 11.8 Å². The Bertz CT molecular complexity index is 339. The Hall–Kier alpha value is -0.620. The summed E-state index contributed by atoms with van der Waals surface area (Å²) in [7, 11) is 0. The summed E-state index contributed by atoms with van der Waals surface area (Å²) in [4.78, 5) is 8.48. The number of nitrogens with zero attached hydrogens (tertiary/aromatic N) is 2. The molecule has 3 N–H and O–H groups in total. The summed E-state index contributed by atoms with van der Waals surface area (Å²) in [5.74, 6) is 3.76. The monoisotopic (exact) mass is 242 g/mol. The van der Waals surface area contributed by atoms with E-state index in [-0.39, 0.29) is 0 Å². The summed E-state index contributed by atoms with van der Waals surface area (Å²) in [5, 5.41) is 4.12. The molecule has 1 atom stereocenters. The Kier molecular flexibility index (Phi) is 3.58. The van der Waals surface area contributed by atoms with Gasteiger partial charge in [-0.05, 0) is 18.4 Å². The lowest BCUT2D eigenvalue weighted by Gasteiger charge is -2.12. The van der Waals surface area contributed by atoms with Crippen molar-refractivity contribution in [3.05, 3.63) is 6.07 Å². The van der Waals surface area contributed by atoms with Crippen LogP contribution in [0.3, 0.4) is 0 Å². The molecule has 0 saturated carbocycles. The highest BCUT2D eigenvalue weighted by Gasteiger charge is 2.15. The van der Waals surface area contributed by atoms with E-state index in [2.05, 4.69) is 15.3 Å². The first-order chi connectivity index (χ1) is 7.28.